The van der Waals surface area contributed by atoms with Crippen molar-refractivity contribution in [2.75, 3.05) is 45.8 Å². The topological polar surface area (TPSA) is 35.6 Å². The third-order valence-electron chi connectivity index (χ3n) is 4.06. The summed E-state index contributed by atoms with van der Waals surface area (Å²) in [7, 11) is 0. The average Bonchev–Trinajstić information content (AvgIpc) is 2.76. The second-order valence-corrected chi connectivity index (χ2v) is 5.41. The van der Waals surface area contributed by atoms with Crippen LogP contribution in [0.2, 0.25) is 0 Å². The molecule has 1 amide bonds. The van der Waals surface area contributed by atoms with E-state index in [1.807, 2.05) is 0 Å². The lowest BCUT2D eigenvalue weighted by Crippen LogP contribution is -2.51. The molecule has 0 aromatic heterocycles. The highest BCUT2D eigenvalue weighted by atomic mass is 16.2. The van der Waals surface area contributed by atoms with Crippen molar-refractivity contribution in [1.82, 2.24) is 15.1 Å². The van der Waals surface area contributed by atoms with Crippen LogP contribution in [-0.2, 0) is 4.79 Å². The van der Waals surface area contributed by atoms with Crippen molar-refractivity contribution in [3.05, 3.63) is 0 Å². The first-order valence-corrected chi connectivity index (χ1v) is 6.94. The summed E-state index contributed by atoms with van der Waals surface area (Å²) in [5, 5.41) is 3.31. The Morgan fingerprint density at radius 2 is 1.94 bits per heavy atom. The van der Waals surface area contributed by atoms with Gasteiger partial charge in [0.15, 0.2) is 0 Å². The van der Waals surface area contributed by atoms with Crippen molar-refractivity contribution in [1.29, 1.82) is 0 Å². The molecule has 2 heterocycles. The number of carbonyl (C=O) groups excluding carboxylic acids is 1. The third-order valence-corrected chi connectivity index (χ3v) is 4.06. The zero-order chi connectivity index (χ0) is 12.3. The summed E-state index contributed by atoms with van der Waals surface area (Å²) >= 11 is 0. The van der Waals surface area contributed by atoms with Crippen molar-refractivity contribution < 1.29 is 4.79 Å². The number of nitrogens with one attached hydrogen (secondary N) is 1. The van der Waals surface area contributed by atoms with E-state index in [0.717, 1.165) is 39.3 Å². The van der Waals surface area contributed by atoms with Gasteiger partial charge in [-0.1, -0.05) is 13.8 Å². The zero-order valence-electron chi connectivity index (χ0n) is 11.1. The summed E-state index contributed by atoms with van der Waals surface area (Å²) < 4.78 is 0. The lowest BCUT2D eigenvalue weighted by atomic mass is 9.96. The molecule has 98 valence electrons. The lowest BCUT2D eigenvalue weighted by molar-refractivity contribution is -0.137. The predicted octanol–water partition coefficient (Wildman–Crippen LogP) is 0.396. The summed E-state index contributed by atoms with van der Waals surface area (Å²) in [5.41, 5.74) is 0. The molecule has 2 aliphatic rings. The summed E-state index contributed by atoms with van der Waals surface area (Å²) in [6.45, 7) is 11.4. The Bertz CT molecular complexity index is 261. The molecule has 0 bridgehead atoms. The predicted molar refractivity (Wildman–Crippen MR) is 68.8 cm³/mol. The first-order chi connectivity index (χ1) is 8.22. The van der Waals surface area contributed by atoms with E-state index in [1.54, 1.807) is 0 Å². The Labute approximate surface area is 104 Å². The van der Waals surface area contributed by atoms with Crippen molar-refractivity contribution in [2.24, 2.45) is 11.8 Å². The average molecular weight is 239 g/mol. The lowest BCUT2D eigenvalue weighted by Gasteiger charge is -2.36. The number of piperazine rings is 1. The van der Waals surface area contributed by atoms with E-state index < -0.39 is 0 Å². The highest BCUT2D eigenvalue weighted by Crippen LogP contribution is 2.19. The summed E-state index contributed by atoms with van der Waals surface area (Å²) in [5.74, 6) is 1.09. The van der Waals surface area contributed by atoms with Gasteiger partial charge in [-0.3, -0.25) is 9.69 Å². The number of rotatable bonds is 3. The molecule has 0 radical (unpaired) electrons. The number of nitrogens with zero attached hydrogens (tertiary/aromatic N) is 2. The van der Waals surface area contributed by atoms with Crippen LogP contribution in [0.25, 0.3) is 0 Å². The molecule has 0 aromatic carbocycles. The van der Waals surface area contributed by atoms with Crippen LogP contribution in [0.5, 0.6) is 0 Å². The molecule has 17 heavy (non-hydrogen) atoms. The van der Waals surface area contributed by atoms with E-state index in [0.29, 0.717) is 11.8 Å². The molecular formula is C13H25N3O. The third kappa shape index (κ3) is 2.99. The van der Waals surface area contributed by atoms with E-state index in [2.05, 4.69) is 29.0 Å². The molecule has 2 saturated heterocycles. The summed E-state index contributed by atoms with van der Waals surface area (Å²) in [6.07, 6.45) is 1.21. The zero-order valence-corrected chi connectivity index (χ0v) is 11.1. The minimum absolute atomic E-state index is 0.215. The van der Waals surface area contributed by atoms with Crippen LogP contribution in [-0.4, -0.2) is 61.5 Å². The largest absolute Gasteiger partial charge is 0.340 e. The van der Waals surface area contributed by atoms with E-state index in [-0.39, 0.29) is 5.92 Å². The molecule has 2 aliphatic heterocycles. The standard InChI is InChI=1S/C13H25N3O/c1-3-4-15-5-7-16(8-6-15)13(17)12-10-14-9-11(12)2/h11-12,14H,3-10H2,1-2H3/t11-,12-/m1/s1. The Hall–Kier alpha value is -0.610. The van der Waals surface area contributed by atoms with Gasteiger partial charge >= 0.3 is 0 Å². The highest BCUT2D eigenvalue weighted by molar-refractivity contribution is 5.79. The van der Waals surface area contributed by atoms with Crippen LogP contribution in [0, 0.1) is 11.8 Å². The maximum Gasteiger partial charge on any atom is 0.227 e. The van der Waals surface area contributed by atoms with E-state index >= 15 is 0 Å². The quantitative estimate of drug-likeness (QED) is 0.774. The van der Waals surface area contributed by atoms with Gasteiger partial charge in [0.05, 0.1) is 5.92 Å². The van der Waals surface area contributed by atoms with Gasteiger partial charge in [-0.05, 0) is 25.4 Å². The van der Waals surface area contributed by atoms with Crippen molar-refractivity contribution >= 4 is 5.91 Å². The first-order valence-electron chi connectivity index (χ1n) is 6.94. The van der Waals surface area contributed by atoms with Gasteiger partial charge in [0.25, 0.3) is 0 Å². The van der Waals surface area contributed by atoms with Gasteiger partial charge in [0.1, 0.15) is 0 Å². The second-order valence-electron chi connectivity index (χ2n) is 5.41. The Morgan fingerprint density at radius 1 is 1.24 bits per heavy atom. The molecule has 0 unspecified atom stereocenters. The Balaban J connectivity index is 1.82. The fourth-order valence-corrected chi connectivity index (χ4v) is 2.88. The molecule has 0 aliphatic carbocycles. The van der Waals surface area contributed by atoms with Crippen molar-refractivity contribution in [2.45, 2.75) is 20.3 Å². The van der Waals surface area contributed by atoms with Gasteiger partial charge in [-0.25, -0.2) is 0 Å². The number of carbonyl (C=O) groups is 1. The van der Waals surface area contributed by atoms with E-state index in [9.17, 15) is 4.79 Å². The second kappa shape index (κ2) is 5.83. The maximum atomic E-state index is 12.3. The minimum Gasteiger partial charge on any atom is -0.340 e. The number of amides is 1. The number of hydrogen-bond acceptors (Lipinski definition) is 3. The fourth-order valence-electron chi connectivity index (χ4n) is 2.88. The molecule has 2 atom stereocenters. The SMILES string of the molecule is CCCN1CCN(C(=O)[C@@H]2CNC[C@H]2C)CC1. The van der Waals surface area contributed by atoms with Gasteiger partial charge < -0.3 is 10.2 Å². The van der Waals surface area contributed by atoms with Gasteiger partial charge in [-0.2, -0.15) is 0 Å². The molecule has 2 fully saturated rings. The first kappa shape index (κ1) is 12.8. The Morgan fingerprint density at radius 3 is 2.47 bits per heavy atom. The van der Waals surface area contributed by atoms with Crippen LogP contribution >= 0.6 is 0 Å². The molecule has 0 saturated carbocycles. The molecule has 4 nitrogen and oxygen atoms in total. The van der Waals surface area contributed by atoms with Crippen LogP contribution in [0.1, 0.15) is 20.3 Å². The van der Waals surface area contributed by atoms with Crippen LogP contribution < -0.4 is 5.32 Å². The monoisotopic (exact) mass is 239 g/mol. The normalized spacial score (nSPS) is 30.8. The molecular weight excluding hydrogens is 214 g/mol. The van der Waals surface area contributed by atoms with Crippen molar-refractivity contribution in [3.8, 4) is 0 Å². The molecule has 1 N–H and O–H groups in total. The highest BCUT2D eigenvalue weighted by Gasteiger charge is 2.33. The Kier molecular flexibility index (Phi) is 4.40. The minimum atomic E-state index is 0.215. The smallest absolute Gasteiger partial charge is 0.227 e. The van der Waals surface area contributed by atoms with Crippen molar-refractivity contribution in [3.63, 3.8) is 0 Å². The molecule has 0 aromatic rings. The molecule has 2 rings (SSSR count). The fraction of sp³-hybridized carbons (Fsp3) is 0.923. The number of hydrogen-bond donors (Lipinski definition) is 1. The van der Waals surface area contributed by atoms with Gasteiger partial charge in [0, 0.05) is 32.7 Å². The van der Waals surface area contributed by atoms with E-state index in [4.69, 9.17) is 0 Å². The van der Waals surface area contributed by atoms with Crippen LogP contribution in [0.4, 0.5) is 0 Å². The summed E-state index contributed by atoms with van der Waals surface area (Å²) in [4.78, 5) is 16.9. The van der Waals surface area contributed by atoms with Gasteiger partial charge in [0.2, 0.25) is 5.91 Å². The molecule has 4 heteroatoms. The van der Waals surface area contributed by atoms with E-state index in [1.165, 1.54) is 13.0 Å². The maximum absolute atomic E-state index is 12.3. The van der Waals surface area contributed by atoms with Crippen LogP contribution in [0.3, 0.4) is 0 Å². The summed E-state index contributed by atoms with van der Waals surface area (Å²) in [6, 6.07) is 0. The van der Waals surface area contributed by atoms with Gasteiger partial charge in [-0.15, -0.1) is 0 Å². The molecule has 0 spiro atoms. The van der Waals surface area contributed by atoms with Crippen LogP contribution in [0.15, 0.2) is 0 Å².